The molecule has 0 amide bonds. The Hall–Kier alpha value is -1.80. The lowest BCUT2D eigenvalue weighted by Gasteiger charge is -2.35. The van der Waals surface area contributed by atoms with Crippen LogP contribution in [-0.2, 0) is 5.41 Å². The molecular weight excluding hydrogens is 248 g/mol. The highest BCUT2D eigenvalue weighted by Gasteiger charge is 2.57. The molecule has 0 aromatic heterocycles. The van der Waals surface area contributed by atoms with E-state index in [0.29, 0.717) is 6.61 Å². The first-order valence-electron chi connectivity index (χ1n) is 7.10. The van der Waals surface area contributed by atoms with E-state index >= 15 is 0 Å². The highest BCUT2D eigenvalue weighted by molar-refractivity contribution is 5.33. The van der Waals surface area contributed by atoms with Crippen LogP contribution in [0.2, 0.25) is 0 Å². The van der Waals surface area contributed by atoms with Crippen molar-refractivity contribution in [1.29, 1.82) is 0 Å². The Morgan fingerprint density at radius 1 is 1.00 bits per heavy atom. The summed E-state index contributed by atoms with van der Waals surface area (Å²) >= 11 is 0. The van der Waals surface area contributed by atoms with Gasteiger partial charge in [-0.15, -0.1) is 0 Å². The summed E-state index contributed by atoms with van der Waals surface area (Å²) < 4.78 is 5.93. The zero-order valence-electron chi connectivity index (χ0n) is 11.8. The molecule has 0 spiro atoms. The van der Waals surface area contributed by atoms with Gasteiger partial charge in [-0.2, -0.15) is 0 Å². The minimum Gasteiger partial charge on any atom is -0.493 e. The van der Waals surface area contributed by atoms with Gasteiger partial charge in [0, 0.05) is 0 Å². The first-order chi connectivity index (χ1) is 9.64. The van der Waals surface area contributed by atoms with Crippen molar-refractivity contribution in [3.8, 4) is 5.75 Å². The maximum atomic E-state index is 10.7. The van der Waals surface area contributed by atoms with Gasteiger partial charge in [0.2, 0.25) is 0 Å². The molecule has 1 N–H and O–H groups in total. The molecule has 0 aliphatic heterocycles. The maximum absolute atomic E-state index is 10.7. The minimum atomic E-state index is -0.636. The van der Waals surface area contributed by atoms with E-state index in [1.54, 1.807) is 0 Å². The maximum Gasteiger partial charge on any atom is 0.119 e. The molecule has 2 heteroatoms. The number of para-hydroxylation sites is 1. The SMILES string of the molecule is CC(COc1ccccc1)(c1ccccc1)C1(O)CC1. The summed E-state index contributed by atoms with van der Waals surface area (Å²) in [5.41, 5.74) is 0.128. The third-order valence-electron chi connectivity index (χ3n) is 4.43. The van der Waals surface area contributed by atoms with Gasteiger partial charge in [0.1, 0.15) is 12.4 Å². The fourth-order valence-electron chi connectivity index (χ4n) is 2.71. The van der Waals surface area contributed by atoms with Crippen LogP contribution in [0.5, 0.6) is 5.75 Å². The number of hydrogen-bond donors (Lipinski definition) is 1. The zero-order chi connectivity index (χ0) is 14.1. The largest absolute Gasteiger partial charge is 0.493 e. The molecular formula is C18H20O2. The molecule has 0 saturated heterocycles. The van der Waals surface area contributed by atoms with E-state index in [-0.39, 0.29) is 5.41 Å². The summed E-state index contributed by atoms with van der Waals surface area (Å²) in [5.74, 6) is 0.846. The molecule has 2 aromatic carbocycles. The van der Waals surface area contributed by atoms with Gasteiger partial charge in [0.05, 0.1) is 11.0 Å². The first-order valence-corrected chi connectivity index (χ1v) is 7.10. The lowest BCUT2D eigenvalue weighted by atomic mass is 9.76. The van der Waals surface area contributed by atoms with Crippen LogP contribution in [0.1, 0.15) is 25.3 Å². The van der Waals surface area contributed by atoms with Crippen molar-refractivity contribution in [2.75, 3.05) is 6.61 Å². The average molecular weight is 268 g/mol. The molecule has 1 fully saturated rings. The molecule has 2 aromatic rings. The number of benzene rings is 2. The topological polar surface area (TPSA) is 29.5 Å². The zero-order valence-corrected chi connectivity index (χ0v) is 11.8. The van der Waals surface area contributed by atoms with Gasteiger partial charge >= 0.3 is 0 Å². The Morgan fingerprint density at radius 3 is 2.10 bits per heavy atom. The quantitative estimate of drug-likeness (QED) is 0.898. The van der Waals surface area contributed by atoms with Gasteiger partial charge in [-0.1, -0.05) is 48.5 Å². The van der Waals surface area contributed by atoms with E-state index in [9.17, 15) is 5.11 Å². The van der Waals surface area contributed by atoms with Crippen molar-refractivity contribution in [3.63, 3.8) is 0 Å². The third-order valence-corrected chi connectivity index (χ3v) is 4.43. The van der Waals surface area contributed by atoms with E-state index in [1.807, 2.05) is 48.5 Å². The lowest BCUT2D eigenvalue weighted by Crippen LogP contribution is -2.44. The minimum absolute atomic E-state index is 0.371. The van der Waals surface area contributed by atoms with Crippen molar-refractivity contribution in [1.82, 2.24) is 0 Å². The Balaban J connectivity index is 1.84. The fourth-order valence-corrected chi connectivity index (χ4v) is 2.71. The van der Waals surface area contributed by atoms with Gasteiger partial charge in [0.25, 0.3) is 0 Å². The van der Waals surface area contributed by atoms with E-state index in [1.165, 1.54) is 0 Å². The van der Waals surface area contributed by atoms with Crippen LogP contribution < -0.4 is 4.74 Å². The van der Waals surface area contributed by atoms with Crippen LogP contribution in [0.3, 0.4) is 0 Å². The molecule has 1 saturated carbocycles. The van der Waals surface area contributed by atoms with Gasteiger partial charge < -0.3 is 9.84 Å². The Bertz CT molecular complexity index is 560. The molecule has 1 atom stereocenters. The molecule has 0 bridgehead atoms. The van der Waals surface area contributed by atoms with Crippen LogP contribution in [0.25, 0.3) is 0 Å². The smallest absolute Gasteiger partial charge is 0.119 e. The van der Waals surface area contributed by atoms with E-state index in [4.69, 9.17) is 4.74 Å². The van der Waals surface area contributed by atoms with Crippen LogP contribution in [0, 0.1) is 0 Å². The van der Waals surface area contributed by atoms with Gasteiger partial charge in [-0.25, -0.2) is 0 Å². The molecule has 0 heterocycles. The Kier molecular flexibility index (Phi) is 3.27. The van der Waals surface area contributed by atoms with Crippen molar-refractivity contribution in [2.24, 2.45) is 0 Å². The molecule has 2 nitrogen and oxygen atoms in total. The van der Waals surface area contributed by atoms with Crippen LogP contribution in [0.15, 0.2) is 60.7 Å². The number of hydrogen-bond acceptors (Lipinski definition) is 2. The number of ether oxygens (including phenoxy) is 1. The number of aliphatic hydroxyl groups is 1. The molecule has 0 radical (unpaired) electrons. The Labute approximate surface area is 120 Å². The first kappa shape index (κ1) is 13.2. The second-order valence-corrected chi connectivity index (χ2v) is 5.83. The molecule has 104 valence electrons. The highest BCUT2D eigenvalue weighted by atomic mass is 16.5. The second-order valence-electron chi connectivity index (χ2n) is 5.83. The average Bonchev–Trinajstić information content (AvgIpc) is 3.26. The summed E-state index contributed by atoms with van der Waals surface area (Å²) in [6.45, 7) is 2.58. The molecule has 1 aliphatic carbocycles. The summed E-state index contributed by atoms with van der Waals surface area (Å²) in [6, 6.07) is 20.0. The van der Waals surface area contributed by atoms with Gasteiger partial charge in [-0.3, -0.25) is 0 Å². The van der Waals surface area contributed by atoms with Gasteiger partial charge in [-0.05, 0) is 37.5 Å². The third kappa shape index (κ3) is 2.32. The molecule has 1 aliphatic rings. The fraction of sp³-hybridized carbons (Fsp3) is 0.333. The predicted molar refractivity (Wildman–Crippen MR) is 79.9 cm³/mol. The lowest BCUT2D eigenvalue weighted by molar-refractivity contribution is 0.0337. The number of rotatable bonds is 5. The van der Waals surface area contributed by atoms with Crippen molar-refractivity contribution >= 4 is 0 Å². The second kappa shape index (κ2) is 4.95. The predicted octanol–water partition coefficient (Wildman–Crippen LogP) is 3.55. The monoisotopic (exact) mass is 268 g/mol. The molecule has 20 heavy (non-hydrogen) atoms. The summed E-state index contributed by atoms with van der Waals surface area (Å²) in [7, 11) is 0. The van der Waals surface area contributed by atoms with E-state index in [2.05, 4.69) is 19.1 Å². The van der Waals surface area contributed by atoms with E-state index < -0.39 is 5.60 Å². The van der Waals surface area contributed by atoms with Crippen molar-refractivity contribution in [3.05, 3.63) is 66.2 Å². The summed E-state index contributed by atoms with van der Waals surface area (Å²) in [6.07, 6.45) is 1.69. The van der Waals surface area contributed by atoms with Gasteiger partial charge in [0.15, 0.2) is 0 Å². The summed E-state index contributed by atoms with van der Waals surface area (Å²) in [5, 5.41) is 10.7. The molecule has 3 rings (SSSR count). The standard InChI is InChI=1S/C18H20O2/c1-17(18(19)12-13-18,15-8-4-2-5-9-15)14-20-16-10-6-3-7-11-16/h2-11,19H,12-14H2,1H3. The van der Waals surface area contributed by atoms with Crippen molar-refractivity contribution in [2.45, 2.75) is 30.8 Å². The highest BCUT2D eigenvalue weighted by Crippen LogP contribution is 2.51. The molecule has 1 unspecified atom stereocenters. The van der Waals surface area contributed by atoms with Crippen LogP contribution >= 0.6 is 0 Å². The van der Waals surface area contributed by atoms with Crippen LogP contribution in [-0.4, -0.2) is 17.3 Å². The summed E-state index contributed by atoms with van der Waals surface area (Å²) in [4.78, 5) is 0. The normalized spacial score (nSPS) is 19.1. The van der Waals surface area contributed by atoms with Crippen LogP contribution in [0.4, 0.5) is 0 Å². The Morgan fingerprint density at radius 2 is 1.55 bits per heavy atom. The van der Waals surface area contributed by atoms with E-state index in [0.717, 1.165) is 24.2 Å². The van der Waals surface area contributed by atoms with Crippen molar-refractivity contribution < 1.29 is 9.84 Å².